The highest BCUT2D eigenvalue weighted by Crippen LogP contribution is 2.22. The van der Waals surface area contributed by atoms with Crippen LogP contribution in [-0.2, 0) is 0 Å². The van der Waals surface area contributed by atoms with Crippen molar-refractivity contribution in [1.82, 2.24) is 4.98 Å². The van der Waals surface area contributed by atoms with Crippen LogP contribution in [0.4, 0.5) is 0 Å². The molecule has 0 radical (unpaired) electrons. The van der Waals surface area contributed by atoms with Crippen molar-refractivity contribution in [3.63, 3.8) is 0 Å². The molecule has 0 aliphatic heterocycles. The lowest BCUT2D eigenvalue weighted by Gasteiger charge is -2.20. The second-order valence-corrected chi connectivity index (χ2v) is 4.25. The van der Waals surface area contributed by atoms with Crippen molar-refractivity contribution >= 4 is 0 Å². The van der Waals surface area contributed by atoms with Gasteiger partial charge in [0.05, 0.1) is 6.10 Å². The Kier molecular flexibility index (Phi) is 4.09. The van der Waals surface area contributed by atoms with Crippen molar-refractivity contribution < 1.29 is 4.74 Å². The minimum atomic E-state index is -0.0481. The third-order valence-corrected chi connectivity index (χ3v) is 2.53. The first kappa shape index (κ1) is 12.0. The van der Waals surface area contributed by atoms with Crippen LogP contribution in [0, 0.1) is 5.92 Å². The van der Waals surface area contributed by atoms with Crippen molar-refractivity contribution in [2.75, 3.05) is 0 Å². The first-order chi connectivity index (χ1) is 7.02. The van der Waals surface area contributed by atoms with Gasteiger partial charge in [-0.15, -0.1) is 0 Å². The SMILES string of the molecule is CC(C)C(C)Oc1ncccc1[C@H](C)N. The molecule has 0 saturated carbocycles. The number of nitrogens with zero attached hydrogens (tertiary/aromatic N) is 1. The van der Waals surface area contributed by atoms with E-state index in [4.69, 9.17) is 10.5 Å². The van der Waals surface area contributed by atoms with Gasteiger partial charge in [0.2, 0.25) is 5.88 Å². The average Bonchev–Trinajstić information content (AvgIpc) is 2.18. The molecule has 0 saturated heterocycles. The Morgan fingerprint density at radius 1 is 1.27 bits per heavy atom. The van der Waals surface area contributed by atoms with Gasteiger partial charge in [0.15, 0.2) is 0 Å². The molecule has 2 N–H and O–H groups in total. The van der Waals surface area contributed by atoms with E-state index in [1.807, 2.05) is 26.0 Å². The molecule has 0 spiro atoms. The summed E-state index contributed by atoms with van der Waals surface area (Å²) >= 11 is 0. The van der Waals surface area contributed by atoms with E-state index in [1.54, 1.807) is 6.20 Å². The Labute approximate surface area is 91.7 Å². The molecule has 15 heavy (non-hydrogen) atoms. The molecule has 84 valence electrons. The van der Waals surface area contributed by atoms with Crippen molar-refractivity contribution in [1.29, 1.82) is 0 Å². The number of ether oxygens (including phenoxy) is 1. The third-order valence-electron chi connectivity index (χ3n) is 2.53. The minimum Gasteiger partial charge on any atom is -0.474 e. The fraction of sp³-hybridized carbons (Fsp3) is 0.583. The molecule has 1 aromatic heterocycles. The van der Waals surface area contributed by atoms with Gasteiger partial charge in [-0.05, 0) is 25.8 Å². The zero-order chi connectivity index (χ0) is 11.4. The molecule has 0 amide bonds. The van der Waals surface area contributed by atoms with Crippen molar-refractivity contribution in [3.8, 4) is 5.88 Å². The molecular weight excluding hydrogens is 188 g/mol. The molecule has 1 aromatic rings. The second kappa shape index (κ2) is 5.12. The fourth-order valence-corrected chi connectivity index (χ4v) is 1.16. The summed E-state index contributed by atoms with van der Waals surface area (Å²) in [5.41, 5.74) is 6.81. The molecule has 1 rings (SSSR count). The van der Waals surface area contributed by atoms with Gasteiger partial charge in [0.25, 0.3) is 0 Å². The van der Waals surface area contributed by atoms with Gasteiger partial charge < -0.3 is 10.5 Å². The largest absolute Gasteiger partial charge is 0.474 e. The van der Waals surface area contributed by atoms with E-state index in [9.17, 15) is 0 Å². The van der Waals surface area contributed by atoms with Gasteiger partial charge >= 0.3 is 0 Å². The van der Waals surface area contributed by atoms with Crippen LogP contribution >= 0.6 is 0 Å². The summed E-state index contributed by atoms with van der Waals surface area (Å²) in [6.07, 6.45) is 1.88. The van der Waals surface area contributed by atoms with Crippen LogP contribution in [0.2, 0.25) is 0 Å². The van der Waals surface area contributed by atoms with Crippen LogP contribution < -0.4 is 10.5 Å². The van der Waals surface area contributed by atoms with Crippen LogP contribution in [0.1, 0.15) is 39.3 Å². The standard InChI is InChI=1S/C12H20N2O/c1-8(2)10(4)15-12-11(9(3)13)6-5-7-14-12/h5-10H,13H2,1-4H3/t9-,10?/m0/s1. The summed E-state index contributed by atoms with van der Waals surface area (Å²) < 4.78 is 5.78. The quantitative estimate of drug-likeness (QED) is 0.827. The van der Waals surface area contributed by atoms with Crippen molar-refractivity contribution in [3.05, 3.63) is 23.9 Å². The van der Waals surface area contributed by atoms with Gasteiger partial charge in [-0.1, -0.05) is 19.9 Å². The summed E-state index contributed by atoms with van der Waals surface area (Å²) in [6, 6.07) is 3.79. The highest BCUT2D eigenvalue weighted by molar-refractivity contribution is 5.28. The lowest BCUT2D eigenvalue weighted by molar-refractivity contribution is 0.161. The molecule has 1 unspecified atom stereocenters. The molecule has 2 atom stereocenters. The second-order valence-electron chi connectivity index (χ2n) is 4.25. The van der Waals surface area contributed by atoms with Gasteiger partial charge in [0, 0.05) is 17.8 Å². The Morgan fingerprint density at radius 2 is 1.93 bits per heavy atom. The number of hydrogen-bond acceptors (Lipinski definition) is 3. The number of nitrogens with two attached hydrogens (primary N) is 1. The highest BCUT2D eigenvalue weighted by atomic mass is 16.5. The summed E-state index contributed by atoms with van der Waals surface area (Å²) in [5, 5.41) is 0. The number of pyridine rings is 1. The smallest absolute Gasteiger partial charge is 0.218 e. The van der Waals surface area contributed by atoms with Gasteiger partial charge in [-0.2, -0.15) is 0 Å². The van der Waals surface area contributed by atoms with Crippen LogP contribution in [0.25, 0.3) is 0 Å². The molecule has 3 nitrogen and oxygen atoms in total. The van der Waals surface area contributed by atoms with E-state index in [0.29, 0.717) is 11.8 Å². The maximum atomic E-state index is 5.85. The predicted octanol–water partition coefficient (Wildman–Crippen LogP) is 2.52. The van der Waals surface area contributed by atoms with Crippen LogP contribution in [0.3, 0.4) is 0 Å². The Hall–Kier alpha value is -1.09. The Balaban J connectivity index is 2.84. The number of rotatable bonds is 4. The van der Waals surface area contributed by atoms with Crippen molar-refractivity contribution in [2.24, 2.45) is 11.7 Å². The molecule has 0 aromatic carbocycles. The topological polar surface area (TPSA) is 48.1 Å². The Morgan fingerprint density at radius 3 is 2.47 bits per heavy atom. The average molecular weight is 208 g/mol. The molecule has 0 aliphatic rings. The molecular formula is C12H20N2O. The van der Waals surface area contributed by atoms with Gasteiger partial charge in [0.1, 0.15) is 0 Å². The lowest BCUT2D eigenvalue weighted by atomic mass is 10.1. The van der Waals surface area contributed by atoms with Crippen LogP contribution in [-0.4, -0.2) is 11.1 Å². The van der Waals surface area contributed by atoms with E-state index in [2.05, 4.69) is 18.8 Å². The zero-order valence-electron chi connectivity index (χ0n) is 9.90. The normalized spacial score (nSPS) is 15.1. The van der Waals surface area contributed by atoms with E-state index in [-0.39, 0.29) is 12.1 Å². The lowest BCUT2D eigenvalue weighted by Crippen LogP contribution is -2.21. The van der Waals surface area contributed by atoms with E-state index >= 15 is 0 Å². The van der Waals surface area contributed by atoms with Crippen LogP contribution in [0.15, 0.2) is 18.3 Å². The van der Waals surface area contributed by atoms with Crippen LogP contribution in [0.5, 0.6) is 5.88 Å². The maximum Gasteiger partial charge on any atom is 0.218 e. The van der Waals surface area contributed by atoms with E-state index in [0.717, 1.165) is 5.56 Å². The summed E-state index contributed by atoms with van der Waals surface area (Å²) in [6.45, 7) is 8.23. The van der Waals surface area contributed by atoms with Gasteiger partial charge in [-0.25, -0.2) is 4.98 Å². The summed E-state index contributed by atoms with van der Waals surface area (Å²) in [7, 11) is 0. The molecule has 0 aliphatic carbocycles. The third kappa shape index (κ3) is 3.20. The van der Waals surface area contributed by atoms with Gasteiger partial charge in [-0.3, -0.25) is 0 Å². The highest BCUT2D eigenvalue weighted by Gasteiger charge is 2.14. The van der Waals surface area contributed by atoms with E-state index < -0.39 is 0 Å². The number of hydrogen-bond donors (Lipinski definition) is 1. The summed E-state index contributed by atoms with van der Waals surface area (Å²) in [4.78, 5) is 4.22. The zero-order valence-corrected chi connectivity index (χ0v) is 9.90. The Bertz CT molecular complexity index is 310. The molecule has 0 bridgehead atoms. The maximum absolute atomic E-state index is 5.85. The first-order valence-electron chi connectivity index (χ1n) is 5.39. The van der Waals surface area contributed by atoms with E-state index in [1.165, 1.54) is 0 Å². The molecule has 1 heterocycles. The monoisotopic (exact) mass is 208 g/mol. The molecule has 3 heteroatoms. The minimum absolute atomic E-state index is 0.0481. The summed E-state index contributed by atoms with van der Waals surface area (Å²) in [5.74, 6) is 1.13. The fourth-order valence-electron chi connectivity index (χ4n) is 1.16. The van der Waals surface area contributed by atoms with Crippen molar-refractivity contribution in [2.45, 2.75) is 39.8 Å². The first-order valence-corrected chi connectivity index (χ1v) is 5.39. The molecule has 0 fully saturated rings. The number of aromatic nitrogens is 1. The predicted molar refractivity (Wildman–Crippen MR) is 61.8 cm³/mol.